The Balaban J connectivity index is 1.43. The van der Waals surface area contributed by atoms with E-state index in [9.17, 15) is 4.79 Å². The quantitative estimate of drug-likeness (QED) is 0.435. The molecular formula is C25H27ClN6O. The van der Waals surface area contributed by atoms with Gasteiger partial charge < -0.3 is 21.3 Å². The number of amides is 1. The summed E-state index contributed by atoms with van der Waals surface area (Å²) >= 11 is 6.35. The van der Waals surface area contributed by atoms with Gasteiger partial charge in [0.2, 0.25) is 11.9 Å². The molecule has 2 aliphatic rings. The second-order valence-corrected chi connectivity index (χ2v) is 9.08. The van der Waals surface area contributed by atoms with Gasteiger partial charge in [0.15, 0.2) is 5.82 Å². The molecule has 8 heteroatoms. The number of carbonyl (C=O) groups is 1. The first-order valence-electron chi connectivity index (χ1n) is 11.4. The Morgan fingerprint density at radius 3 is 2.91 bits per heavy atom. The van der Waals surface area contributed by atoms with Gasteiger partial charge in [0.05, 0.1) is 6.20 Å². The summed E-state index contributed by atoms with van der Waals surface area (Å²) in [7, 11) is 0. The number of aromatic nitrogens is 2. The molecule has 2 aromatic carbocycles. The van der Waals surface area contributed by atoms with E-state index in [2.05, 4.69) is 49.4 Å². The summed E-state index contributed by atoms with van der Waals surface area (Å²) < 4.78 is 0. The molecule has 0 radical (unpaired) electrons. The molecule has 1 amide bonds. The molecule has 5 rings (SSSR count). The van der Waals surface area contributed by atoms with Crippen LogP contribution in [0.2, 0.25) is 5.02 Å². The maximum atomic E-state index is 12.8. The molecule has 4 N–H and O–H groups in total. The summed E-state index contributed by atoms with van der Waals surface area (Å²) in [6.07, 6.45) is 5.98. The molecule has 0 unspecified atom stereocenters. The maximum absolute atomic E-state index is 12.8. The second kappa shape index (κ2) is 9.77. The largest absolute Gasteiger partial charge is 0.339 e. The van der Waals surface area contributed by atoms with Gasteiger partial charge in [-0.15, -0.1) is 0 Å². The third-order valence-corrected chi connectivity index (χ3v) is 6.40. The average Bonchev–Trinajstić information content (AvgIpc) is 2.82. The minimum atomic E-state index is 0.0678. The summed E-state index contributed by atoms with van der Waals surface area (Å²) in [6.45, 7) is 1.96. The number of rotatable bonds is 3. The molecule has 0 aliphatic carbocycles. The van der Waals surface area contributed by atoms with E-state index in [1.165, 1.54) is 5.56 Å². The van der Waals surface area contributed by atoms with Crippen LogP contribution in [0, 0.1) is 5.92 Å². The van der Waals surface area contributed by atoms with Crippen LogP contribution in [0.3, 0.4) is 0 Å². The topological polar surface area (TPSA) is 91.0 Å². The van der Waals surface area contributed by atoms with Crippen molar-refractivity contribution in [2.45, 2.75) is 32.1 Å². The first kappa shape index (κ1) is 21.7. The van der Waals surface area contributed by atoms with E-state index in [-0.39, 0.29) is 5.91 Å². The van der Waals surface area contributed by atoms with Crippen molar-refractivity contribution in [1.82, 2.24) is 15.3 Å². The Morgan fingerprint density at radius 1 is 1.12 bits per heavy atom. The summed E-state index contributed by atoms with van der Waals surface area (Å²) in [4.78, 5) is 21.6. The highest BCUT2D eigenvalue weighted by Gasteiger charge is 2.18. The lowest BCUT2D eigenvalue weighted by atomic mass is 9.95. The standard InChI is InChI=1S/C25H27ClN6O/c26-21-15-28-25-30-19-5-1-3-16(11-19)6-7-18-13-20(29-24(21)32-25)8-9-22(18)31-23(33)12-17-4-2-10-27-14-17/h1,3,5,8-9,11,13,15,17,27H,2,4,6-7,10,12,14H2,(H,31,33)(H2,28,29,30,32)/t17-/m1/s1. The number of hydrogen-bond acceptors (Lipinski definition) is 6. The lowest BCUT2D eigenvalue weighted by molar-refractivity contribution is -0.117. The first-order chi connectivity index (χ1) is 16.1. The fraction of sp³-hybridized carbons (Fsp3) is 0.320. The molecule has 170 valence electrons. The van der Waals surface area contributed by atoms with Gasteiger partial charge >= 0.3 is 0 Å². The van der Waals surface area contributed by atoms with E-state index in [0.29, 0.717) is 29.1 Å². The highest BCUT2D eigenvalue weighted by molar-refractivity contribution is 6.32. The van der Waals surface area contributed by atoms with Gasteiger partial charge in [-0.3, -0.25) is 4.79 Å². The minimum absolute atomic E-state index is 0.0678. The summed E-state index contributed by atoms with van der Waals surface area (Å²) in [6, 6.07) is 14.2. The molecule has 7 nitrogen and oxygen atoms in total. The van der Waals surface area contributed by atoms with Crippen LogP contribution in [0.25, 0.3) is 0 Å². The Kier molecular flexibility index (Phi) is 6.41. The molecule has 1 saturated heterocycles. The number of nitrogens with one attached hydrogen (secondary N) is 4. The van der Waals surface area contributed by atoms with E-state index >= 15 is 0 Å². The Morgan fingerprint density at radius 2 is 2.03 bits per heavy atom. The molecule has 1 atom stereocenters. The van der Waals surface area contributed by atoms with Crippen LogP contribution in [-0.4, -0.2) is 29.0 Å². The van der Waals surface area contributed by atoms with Gasteiger partial charge in [0.25, 0.3) is 0 Å². The molecular weight excluding hydrogens is 436 g/mol. The first-order valence-corrected chi connectivity index (χ1v) is 11.8. The van der Waals surface area contributed by atoms with Gasteiger partial charge in [-0.05, 0) is 86.1 Å². The predicted molar refractivity (Wildman–Crippen MR) is 133 cm³/mol. The van der Waals surface area contributed by atoms with Crippen molar-refractivity contribution < 1.29 is 4.79 Å². The van der Waals surface area contributed by atoms with Crippen LogP contribution < -0.4 is 21.3 Å². The number of nitrogens with zero attached hydrogens (tertiary/aromatic N) is 2. The van der Waals surface area contributed by atoms with Gasteiger partial charge in [-0.1, -0.05) is 23.7 Å². The maximum Gasteiger partial charge on any atom is 0.229 e. The zero-order valence-corrected chi connectivity index (χ0v) is 19.1. The number of fused-ring (bicyclic) bond motifs is 6. The number of carbonyl (C=O) groups excluding carboxylic acids is 1. The molecule has 0 saturated carbocycles. The zero-order chi connectivity index (χ0) is 22.6. The molecule has 1 aromatic heterocycles. The summed E-state index contributed by atoms with van der Waals surface area (Å²) in [5.74, 6) is 1.46. The van der Waals surface area contributed by atoms with Crippen molar-refractivity contribution in [2.75, 3.05) is 29.0 Å². The molecule has 0 spiro atoms. The van der Waals surface area contributed by atoms with Crippen LogP contribution in [-0.2, 0) is 17.6 Å². The molecule has 3 aromatic rings. The zero-order valence-electron chi connectivity index (χ0n) is 18.3. The lowest BCUT2D eigenvalue weighted by Crippen LogP contribution is -2.32. The highest BCUT2D eigenvalue weighted by atomic mass is 35.5. The monoisotopic (exact) mass is 462 g/mol. The molecule has 33 heavy (non-hydrogen) atoms. The minimum Gasteiger partial charge on any atom is -0.339 e. The number of benzene rings is 2. The molecule has 1 fully saturated rings. The van der Waals surface area contributed by atoms with Gasteiger partial charge in [-0.25, -0.2) is 4.98 Å². The average molecular weight is 463 g/mol. The van der Waals surface area contributed by atoms with Crippen molar-refractivity contribution in [3.8, 4) is 0 Å². The van der Waals surface area contributed by atoms with E-state index in [1.807, 2.05) is 24.3 Å². The Labute approximate surface area is 198 Å². The highest BCUT2D eigenvalue weighted by Crippen LogP contribution is 2.29. The summed E-state index contributed by atoms with van der Waals surface area (Å²) in [5.41, 5.74) is 4.89. The van der Waals surface area contributed by atoms with E-state index < -0.39 is 0 Å². The summed E-state index contributed by atoms with van der Waals surface area (Å²) in [5, 5.41) is 13.5. The van der Waals surface area contributed by atoms with Crippen LogP contribution in [0.5, 0.6) is 0 Å². The van der Waals surface area contributed by atoms with Crippen LogP contribution in [0.15, 0.2) is 48.7 Å². The molecule has 2 aliphatic heterocycles. The smallest absolute Gasteiger partial charge is 0.229 e. The molecule has 6 bridgehead atoms. The van der Waals surface area contributed by atoms with E-state index in [1.54, 1.807) is 6.20 Å². The Bertz CT molecular complexity index is 1160. The van der Waals surface area contributed by atoms with Crippen molar-refractivity contribution >= 4 is 46.3 Å². The third-order valence-electron chi connectivity index (χ3n) is 6.13. The van der Waals surface area contributed by atoms with Gasteiger partial charge in [0.1, 0.15) is 5.02 Å². The Hall–Kier alpha value is -3.16. The van der Waals surface area contributed by atoms with E-state index in [0.717, 1.165) is 61.4 Å². The van der Waals surface area contributed by atoms with E-state index in [4.69, 9.17) is 11.6 Å². The third kappa shape index (κ3) is 5.43. The second-order valence-electron chi connectivity index (χ2n) is 8.68. The van der Waals surface area contributed by atoms with Crippen molar-refractivity contribution in [3.05, 3.63) is 64.8 Å². The van der Waals surface area contributed by atoms with Crippen LogP contribution in [0.1, 0.15) is 30.4 Å². The lowest BCUT2D eigenvalue weighted by Gasteiger charge is -2.22. The fourth-order valence-corrected chi connectivity index (χ4v) is 4.56. The number of piperidine rings is 1. The number of anilines is 5. The predicted octanol–water partition coefficient (Wildman–Crippen LogP) is 5.04. The van der Waals surface area contributed by atoms with Gasteiger partial charge in [0, 0.05) is 23.5 Å². The normalized spacial score (nSPS) is 17.4. The SMILES string of the molecule is O=C(C[C@H]1CCCNC1)Nc1ccc2cc1CCc1cccc(c1)Nc1ncc(Cl)c(n1)N2. The number of halogens is 1. The fourth-order valence-electron chi connectivity index (χ4n) is 4.43. The van der Waals surface area contributed by atoms with Crippen molar-refractivity contribution in [2.24, 2.45) is 5.92 Å². The molecule has 3 heterocycles. The van der Waals surface area contributed by atoms with Crippen LogP contribution >= 0.6 is 11.6 Å². The number of hydrogen-bond donors (Lipinski definition) is 4. The number of aryl methyl sites for hydroxylation is 2. The van der Waals surface area contributed by atoms with Crippen molar-refractivity contribution in [3.63, 3.8) is 0 Å². The van der Waals surface area contributed by atoms with Crippen LogP contribution in [0.4, 0.5) is 28.8 Å². The van der Waals surface area contributed by atoms with Crippen molar-refractivity contribution in [1.29, 1.82) is 0 Å². The van der Waals surface area contributed by atoms with Gasteiger partial charge in [-0.2, -0.15) is 4.98 Å².